The minimum absolute atomic E-state index is 0.208. The van der Waals surface area contributed by atoms with Gasteiger partial charge in [-0.25, -0.2) is 14.2 Å². The Labute approximate surface area is 107 Å². The quantitative estimate of drug-likeness (QED) is 0.627. The lowest BCUT2D eigenvalue weighted by atomic mass is 10.5. The molecule has 2 aromatic rings. The summed E-state index contributed by atoms with van der Waals surface area (Å²) in [6.45, 7) is 0. The van der Waals surface area contributed by atoms with Gasteiger partial charge >= 0.3 is 5.69 Å². The molecule has 0 aliphatic rings. The molecule has 0 bridgehead atoms. The zero-order valence-electron chi connectivity index (χ0n) is 9.87. The molecule has 18 heavy (non-hydrogen) atoms. The molecular formula is C11H11FN4OS. The maximum Gasteiger partial charge on any atom is 0.354 e. The second kappa shape index (κ2) is 5.09. The number of halogens is 1. The van der Waals surface area contributed by atoms with E-state index in [1.54, 1.807) is 35.8 Å². The van der Waals surface area contributed by atoms with Crippen LogP contribution in [0.3, 0.4) is 0 Å². The van der Waals surface area contributed by atoms with Crippen molar-refractivity contribution in [3.63, 3.8) is 0 Å². The van der Waals surface area contributed by atoms with Crippen molar-refractivity contribution in [2.75, 3.05) is 14.1 Å². The van der Waals surface area contributed by atoms with Crippen LogP contribution in [-0.4, -0.2) is 34.9 Å². The van der Waals surface area contributed by atoms with Crippen molar-refractivity contribution in [1.29, 1.82) is 0 Å². The molecule has 0 amide bonds. The topological polar surface area (TPSA) is 50.5 Å². The van der Waals surface area contributed by atoms with Gasteiger partial charge in [-0.05, 0) is 11.4 Å². The molecule has 0 saturated carbocycles. The minimum atomic E-state index is -0.640. The van der Waals surface area contributed by atoms with E-state index in [1.807, 2.05) is 0 Å². The lowest BCUT2D eigenvalue weighted by molar-refractivity contribution is 0.601. The first kappa shape index (κ1) is 12.4. The molecule has 0 aliphatic carbocycles. The molecular weight excluding hydrogens is 255 g/mol. The number of rotatable bonds is 3. The standard InChI is InChI=1S/C11H11FN4OS/c1-15(2)7-13-10-9(12)5-16(11(17)14-10)8-3-4-18-6-8/h3-7H,1-2H3. The molecule has 0 radical (unpaired) electrons. The molecule has 0 unspecified atom stereocenters. The van der Waals surface area contributed by atoms with Gasteiger partial charge in [0.25, 0.3) is 0 Å². The largest absolute Gasteiger partial charge is 0.369 e. The summed E-state index contributed by atoms with van der Waals surface area (Å²) in [5.41, 5.74) is 0.0419. The molecule has 0 aromatic carbocycles. The molecule has 0 spiro atoms. The number of nitrogens with zero attached hydrogens (tertiary/aromatic N) is 4. The zero-order valence-corrected chi connectivity index (χ0v) is 10.7. The molecule has 0 saturated heterocycles. The fourth-order valence-electron chi connectivity index (χ4n) is 1.26. The molecule has 7 heteroatoms. The Balaban J connectivity index is 2.45. The first-order valence-electron chi connectivity index (χ1n) is 5.10. The van der Waals surface area contributed by atoms with Crippen LogP contribution in [0.1, 0.15) is 0 Å². The van der Waals surface area contributed by atoms with Crippen LogP contribution < -0.4 is 5.69 Å². The van der Waals surface area contributed by atoms with Crippen LogP contribution in [0.25, 0.3) is 5.69 Å². The molecule has 0 aliphatic heterocycles. The Hall–Kier alpha value is -2.02. The SMILES string of the molecule is CN(C)C=Nc1nc(=O)n(-c2ccsc2)cc1F. The molecule has 0 N–H and O–H groups in total. The average molecular weight is 266 g/mol. The summed E-state index contributed by atoms with van der Waals surface area (Å²) < 4.78 is 14.9. The van der Waals surface area contributed by atoms with Gasteiger partial charge in [0.05, 0.1) is 18.2 Å². The predicted octanol–water partition coefficient (Wildman–Crippen LogP) is 1.65. The molecule has 2 rings (SSSR count). The van der Waals surface area contributed by atoms with Crippen molar-refractivity contribution in [2.45, 2.75) is 0 Å². The second-order valence-corrected chi connectivity index (χ2v) is 4.53. The summed E-state index contributed by atoms with van der Waals surface area (Å²) in [6.07, 6.45) is 2.49. The van der Waals surface area contributed by atoms with Gasteiger partial charge in [0, 0.05) is 19.5 Å². The summed E-state index contributed by atoms with van der Waals surface area (Å²) in [5, 5.41) is 3.54. The van der Waals surface area contributed by atoms with Crippen molar-refractivity contribution in [3.8, 4) is 5.69 Å². The molecule has 2 aromatic heterocycles. The Morgan fingerprint density at radius 3 is 2.94 bits per heavy atom. The zero-order chi connectivity index (χ0) is 13.1. The Morgan fingerprint density at radius 2 is 2.33 bits per heavy atom. The number of hydrogen-bond acceptors (Lipinski definition) is 4. The van der Waals surface area contributed by atoms with Crippen LogP contribution in [0, 0.1) is 5.82 Å². The second-order valence-electron chi connectivity index (χ2n) is 3.75. The highest BCUT2D eigenvalue weighted by Crippen LogP contribution is 2.14. The van der Waals surface area contributed by atoms with E-state index in [1.165, 1.54) is 17.7 Å². The van der Waals surface area contributed by atoms with Gasteiger partial charge in [0.1, 0.15) is 0 Å². The smallest absolute Gasteiger partial charge is 0.354 e. The summed E-state index contributed by atoms with van der Waals surface area (Å²) >= 11 is 1.42. The van der Waals surface area contributed by atoms with Crippen LogP contribution in [0.2, 0.25) is 0 Å². The number of aliphatic imine (C=N–C) groups is 1. The molecule has 94 valence electrons. The van der Waals surface area contributed by atoms with E-state index < -0.39 is 11.5 Å². The van der Waals surface area contributed by atoms with E-state index in [2.05, 4.69) is 9.98 Å². The molecule has 2 heterocycles. The van der Waals surface area contributed by atoms with Crippen LogP contribution in [0.5, 0.6) is 0 Å². The Morgan fingerprint density at radius 1 is 1.56 bits per heavy atom. The van der Waals surface area contributed by atoms with E-state index in [0.717, 1.165) is 10.8 Å². The van der Waals surface area contributed by atoms with Crippen molar-refractivity contribution < 1.29 is 4.39 Å². The van der Waals surface area contributed by atoms with E-state index >= 15 is 0 Å². The van der Waals surface area contributed by atoms with Crippen LogP contribution in [0.15, 0.2) is 32.8 Å². The van der Waals surface area contributed by atoms with Gasteiger partial charge < -0.3 is 4.90 Å². The maximum absolute atomic E-state index is 13.7. The minimum Gasteiger partial charge on any atom is -0.369 e. The van der Waals surface area contributed by atoms with Crippen LogP contribution in [0.4, 0.5) is 10.2 Å². The van der Waals surface area contributed by atoms with Crippen LogP contribution >= 0.6 is 11.3 Å². The maximum atomic E-state index is 13.7. The number of aromatic nitrogens is 2. The predicted molar refractivity (Wildman–Crippen MR) is 69.5 cm³/mol. The third kappa shape index (κ3) is 2.62. The van der Waals surface area contributed by atoms with Gasteiger partial charge in [0.2, 0.25) is 0 Å². The monoisotopic (exact) mass is 266 g/mol. The lowest BCUT2D eigenvalue weighted by Gasteiger charge is -2.04. The molecule has 0 fully saturated rings. The Kier molecular flexibility index (Phi) is 3.52. The first-order chi connectivity index (χ1) is 8.58. The number of thiophene rings is 1. The Bertz CT molecular complexity index is 618. The van der Waals surface area contributed by atoms with Crippen molar-refractivity contribution in [1.82, 2.24) is 14.5 Å². The van der Waals surface area contributed by atoms with Gasteiger partial charge in [-0.1, -0.05) is 0 Å². The highest BCUT2D eigenvalue weighted by Gasteiger charge is 2.08. The fraction of sp³-hybridized carbons (Fsp3) is 0.182. The van der Waals surface area contributed by atoms with E-state index in [4.69, 9.17) is 0 Å². The van der Waals surface area contributed by atoms with Crippen LogP contribution in [-0.2, 0) is 0 Å². The van der Waals surface area contributed by atoms with E-state index in [9.17, 15) is 9.18 Å². The fourth-order valence-corrected chi connectivity index (χ4v) is 1.89. The van der Waals surface area contributed by atoms with Gasteiger partial charge in [-0.15, -0.1) is 0 Å². The third-order valence-electron chi connectivity index (χ3n) is 2.06. The number of hydrogen-bond donors (Lipinski definition) is 0. The molecule has 0 atom stereocenters. The first-order valence-corrected chi connectivity index (χ1v) is 6.04. The van der Waals surface area contributed by atoms with Crippen molar-refractivity contribution >= 4 is 23.5 Å². The highest BCUT2D eigenvalue weighted by atomic mass is 32.1. The average Bonchev–Trinajstić information content (AvgIpc) is 2.83. The normalized spacial score (nSPS) is 11.1. The van der Waals surface area contributed by atoms with E-state index in [-0.39, 0.29) is 5.82 Å². The van der Waals surface area contributed by atoms with Gasteiger partial charge in [0.15, 0.2) is 11.6 Å². The third-order valence-corrected chi connectivity index (χ3v) is 2.73. The van der Waals surface area contributed by atoms with Gasteiger partial charge in [-0.2, -0.15) is 16.3 Å². The lowest BCUT2D eigenvalue weighted by Crippen LogP contribution is -2.21. The summed E-state index contributed by atoms with van der Waals surface area (Å²) in [7, 11) is 3.49. The van der Waals surface area contributed by atoms with E-state index in [0.29, 0.717) is 5.69 Å². The van der Waals surface area contributed by atoms with Gasteiger partial charge in [-0.3, -0.25) is 4.57 Å². The highest BCUT2D eigenvalue weighted by molar-refractivity contribution is 7.08. The summed E-state index contributed by atoms with van der Waals surface area (Å²) in [4.78, 5) is 20.8. The summed E-state index contributed by atoms with van der Waals surface area (Å²) in [5.74, 6) is -0.848. The van der Waals surface area contributed by atoms with Crippen molar-refractivity contribution in [2.24, 2.45) is 4.99 Å². The molecule has 5 nitrogen and oxygen atoms in total. The van der Waals surface area contributed by atoms with Crippen molar-refractivity contribution in [3.05, 3.63) is 39.3 Å². The summed E-state index contributed by atoms with van der Waals surface area (Å²) in [6, 6.07) is 1.72.